The van der Waals surface area contributed by atoms with Crippen LogP contribution < -0.4 is 9.47 Å². The van der Waals surface area contributed by atoms with Gasteiger partial charge in [-0.1, -0.05) is 6.07 Å². The van der Waals surface area contributed by atoms with E-state index in [0.29, 0.717) is 41.8 Å². The first-order valence-corrected chi connectivity index (χ1v) is 13.4. The van der Waals surface area contributed by atoms with E-state index in [1.807, 2.05) is 0 Å². The molecule has 0 spiro atoms. The van der Waals surface area contributed by atoms with E-state index < -0.39 is 15.6 Å². The number of likely N-dealkylation sites (tertiary alicyclic amines) is 1. The Morgan fingerprint density at radius 1 is 1.08 bits per heavy atom. The lowest BCUT2D eigenvalue weighted by atomic mass is 10.0. The van der Waals surface area contributed by atoms with Crippen LogP contribution >= 0.6 is 0 Å². The summed E-state index contributed by atoms with van der Waals surface area (Å²) in [7, 11) is 0.905. The molecule has 0 N–H and O–H groups in total. The molecule has 1 amide bonds. The molecule has 194 valence electrons. The Hall–Kier alpha value is -3.38. The lowest BCUT2D eigenvalue weighted by Gasteiger charge is -2.35. The van der Waals surface area contributed by atoms with Gasteiger partial charge < -0.3 is 23.5 Å². The van der Waals surface area contributed by atoms with Crippen LogP contribution in [0.25, 0.3) is 17.3 Å². The highest BCUT2D eigenvalue weighted by Gasteiger charge is 2.31. The highest BCUT2D eigenvalue weighted by atomic mass is 32.2. The Bertz CT molecular complexity index is 1260. The molecule has 4 rings (SSSR count). The summed E-state index contributed by atoms with van der Waals surface area (Å²) in [4.78, 5) is 14.1. The number of carbonyl (C=O) groups is 1. The molecule has 0 radical (unpaired) electrons. The fourth-order valence-electron chi connectivity index (χ4n) is 4.43. The number of nitrogens with zero attached hydrogens (tertiary/aromatic N) is 4. The average Bonchev–Trinajstić information content (AvgIpc) is 3.53. The maximum absolute atomic E-state index is 13.3. The van der Waals surface area contributed by atoms with Crippen molar-refractivity contribution in [3.8, 4) is 28.8 Å². The SMILES string of the molecule is COC[C@@H]1CCCC(=O)N1CCS(=O)(=O)Cc1nnc(-c2ccco2)n1-c1c(OC)cccc1OC. The van der Waals surface area contributed by atoms with E-state index in [2.05, 4.69) is 10.2 Å². The number of ether oxygens (including phenoxy) is 3. The summed E-state index contributed by atoms with van der Waals surface area (Å²) in [5.41, 5.74) is 0.454. The number of rotatable bonds is 11. The first-order chi connectivity index (χ1) is 17.4. The van der Waals surface area contributed by atoms with E-state index >= 15 is 0 Å². The van der Waals surface area contributed by atoms with E-state index in [-0.39, 0.29) is 30.1 Å². The normalized spacial score (nSPS) is 16.4. The van der Waals surface area contributed by atoms with Crippen molar-refractivity contribution in [1.82, 2.24) is 19.7 Å². The van der Waals surface area contributed by atoms with Gasteiger partial charge in [-0.05, 0) is 37.1 Å². The minimum atomic E-state index is -3.69. The predicted octanol–water partition coefficient (Wildman–Crippen LogP) is 2.49. The van der Waals surface area contributed by atoms with Crippen LogP contribution in [0.3, 0.4) is 0 Å². The number of benzene rings is 1. The molecule has 1 aliphatic rings. The first-order valence-electron chi connectivity index (χ1n) is 11.6. The third-order valence-electron chi connectivity index (χ3n) is 6.14. The summed E-state index contributed by atoms with van der Waals surface area (Å²) in [6.07, 6.45) is 3.47. The van der Waals surface area contributed by atoms with Gasteiger partial charge >= 0.3 is 0 Å². The first kappa shape index (κ1) is 25.7. The van der Waals surface area contributed by atoms with Gasteiger partial charge in [0.1, 0.15) is 22.9 Å². The van der Waals surface area contributed by atoms with Crippen molar-refractivity contribution in [1.29, 1.82) is 0 Å². The smallest absolute Gasteiger partial charge is 0.222 e. The summed E-state index contributed by atoms with van der Waals surface area (Å²) in [5, 5.41) is 8.43. The van der Waals surface area contributed by atoms with Gasteiger partial charge in [-0.25, -0.2) is 8.42 Å². The number of amides is 1. The van der Waals surface area contributed by atoms with Gasteiger partial charge in [0.05, 0.1) is 38.9 Å². The molecule has 1 aliphatic heterocycles. The van der Waals surface area contributed by atoms with Gasteiger partial charge in [-0.15, -0.1) is 10.2 Å². The fraction of sp³-hybridized carbons (Fsp3) is 0.458. The molecule has 3 aromatic rings. The molecule has 12 heteroatoms. The van der Waals surface area contributed by atoms with Gasteiger partial charge in [-0.3, -0.25) is 9.36 Å². The summed E-state index contributed by atoms with van der Waals surface area (Å²) in [6, 6.07) is 8.52. The van der Waals surface area contributed by atoms with Crippen LogP contribution in [0.4, 0.5) is 0 Å². The summed E-state index contributed by atoms with van der Waals surface area (Å²) in [6.45, 7) is 0.465. The number of sulfone groups is 1. The van der Waals surface area contributed by atoms with Crippen LogP contribution in [0.5, 0.6) is 11.5 Å². The highest BCUT2D eigenvalue weighted by molar-refractivity contribution is 7.90. The number of carbonyl (C=O) groups excluding carboxylic acids is 1. The van der Waals surface area contributed by atoms with Gasteiger partial charge in [-0.2, -0.15) is 0 Å². The summed E-state index contributed by atoms with van der Waals surface area (Å²) >= 11 is 0. The molecule has 1 atom stereocenters. The molecular weight excluding hydrogens is 488 g/mol. The Morgan fingerprint density at radius 2 is 1.83 bits per heavy atom. The van der Waals surface area contributed by atoms with E-state index in [1.54, 1.807) is 46.9 Å². The van der Waals surface area contributed by atoms with E-state index in [1.165, 1.54) is 20.5 Å². The van der Waals surface area contributed by atoms with Crippen LogP contribution in [0.2, 0.25) is 0 Å². The maximum atomic E-state index is 13.3. The van der Waals surface area contributed by atoms with Crippen molar-refractivity contribution in [3.63, 3.8) is 0 Å². The number of hydrogen-bond donors (Lipinski definition) is 0. The maximum Gasteiger partial charge on any atom is 0.222 e. The van der Waals surface area contributed by atoms with Gasteiger partial charge in [0.2, 0.25) is 11.7 Å². The van der Waals surface area contributed by atoms with Gasteiger partial charge in [0.25, 0.3) is 0 Å². The molecule has 1 aromatic carbocycles. The van der Waals surface area contributed by atoms with Crippen molar-refractivity contribution in [2.45, 2.75) is 31.1 Å². The lowest BCUT2D eigenvalue weighted by Crippen LogP contribution is -2.47. The third-order valence-corrected chi connectivity index (χ3v) is 7.64. The Kier molecular flexibility index (Phi) is 7.94. The third kappa shape index (κ3) is 5.39. The zero-order chi connectivity index (χ0) is 25.7. The fourth-order valence-corrected chi connectivity index (χ4v) is 5.63. The van der Waals surface area contributed by atoms with Crippen molar-refractivity contribution in [2.24, 2.45) is 0 Å². The number of piperidine rings is 1. The molecular formula is C24H30N4O7S. The zero-order valence-corrected chi connectivity index (χ0v) is 21.4. The molecule has 0 aliphatic carbocycles. The van der Waals surface area contributed by atoms with Crippen LogP contribution in [0.1, 0.15) is 25.1 Å². The Labute approximate surface area is 209 Å². The summed E-state index contributed by atoms with van der Waals surface area (Å²) < 4.78 is 50.0. The zero-order valence-electron chi connectivity index (χ0n) is 20.5. The second-order valence-corrected chi connectivity index (χ2v) is 10.6. The van der Waals surface area contributed by atoms with Gasteiger partial charge in [0.15, 0.2) is 21.4 Å². The molecule has 2 aromatic heterocycles. The lowest BCUT2D eigenvalue weighted by molar-refractivity contribution is -0.137. The molecule has 0 bridgehead atoms. The predicted molar refractivity (Wildman–Crippen MR) is 131 cm³/mol. The molecule has 0 saturated carbocycles. The molecule has 1 fully saturated rings. The molecule has 0 unspecified atom stereocenters. The number of methoxy groups -OCH3 is 3. The van der Waals surface area contributed by atoms with E-state index in [4.69, 9.17) is 18.6 Å². The Balaban J connectivity index is 1.67. The van der Waals surface area contributed by atoms with Crippen LogP contribution in [-0.2, 0) is 25.1 Å². The Morgan fingerprint density at radius 3 is 2.47 bits per heavy atom. The molecule has 36 heavy (non-hydrogen) atoms. The van der Waals surface area contributed by atoms with Crippen molar-refractivity contribution in [3.05, 3.63) is 42.4 Å². The van der Waals surface area contributed by atoms with Crippen LogP contribution in [0.15, 0.2) is 41.0 Å². The van der Waals surface area contributed by atoms with Crippen molar-refractivity contribution < 1.29 is 31.8 Å². The standard InChI is InChI=1S/C24H30N4O7S/c1-32-15-17-7-4-11-22(29)27(17)12-14-36(30,31)16-21-25-26-24(20-10-6-13-35-20)28(21)23-18(33-2)8-5-9-19(23)34-3/h5-6,8-10,13,17H,4,7,11-12,14-16H2,1-3H3/t17-/m0/s1. The number of furan rings is 1. The number of para-hydroxylation sites is 1. The van der Waals surface area contributed by atoms with Gasteiger partial charge in [0, 0.05) is 20.1 Å². The number of aromatic nitrogens is 3. The molecule has 11 nitrogen and oxygen atoms in total. The quantitative estimate of drug-likeness (QED) is 0.376. The number of hydrogen-bond acceptors (Lipinski definition) is 9. The topological polar surface area (TPSA) is 126 Å². The average molecular weight is 519 g/mol. The van der Waals surface area contributed by atoms with Crippen LogP contribution in [0, 0.1) is 0 Å². The second kappa shape index (κ2) is 11.1. The van der Waals surface area contributed by atoms with Crippen molar-refractivity contribution >= 4 is 15.7 Å². The second-order valence-electron chi connectivity index (χ2n) is 8.44. The molecule has 3 heterocycles. The molecule has 1 saturated heterocycles. The highest BCUT2D eigenvalue weighted by Crippen LogP contribution is 2.36. The minimum Gasteiger partial charge on any atom is -0.494 e. The monoisotopic (exact) mass is 518 g/mol. The van der Waals surface area contributed by atoms with Crippen molar-refractivity contribution in [2.75, 3.05) is 40.2 Å². The summed E-state index contributed by atoms with van der Waals surface area (Å²) in [5.74, 6) is 1.09. The van der Waals surface area contributed by atoms with E-state index in [0.717, 1.165) is 12.8 Å². The minimum absolute atomic E-state index is 0.0551. The van der Waals surface area contributed by atoms with E-state index in [9.17, 15) is 13.2 Å². The largest absolute Gasteiger partial charge is 0.494 e. The van der Waals surface area contributed by atoms with Crippen LogP contribution in [-0.4, -0.2) is 80.3 Å².